The molecule has 0 aromatic heterocycles. The maximum atomic E-state index is 12.1. The van der Waals surface area contributed by atoms with E-state index in [1.807, 2.05) is 0 Å². The zero-order valence-corrected chi connectivity index (χ0v) is 15.0. The van der Waals surface area contributed by atoms with Crippen LogP contribution in [-0.4, -0.2) is 50.9 Å². The molecule has 0 unspecified atom stereocenters. The summed E-state index contributed by atoms with van der Waals surface area (Å²) in [5.74, 6) is 3.29. The Bertz CT molecular complexity index is 594. The molecule has 0 N–H and O–H groups in total. The highest BCUT2D eigenvalue weighted by Crippen LogP contribution is 2.30. The van der Waals surface area contributed by atoms with Gasteiger partial charge in [0.25, 0.3) is 0 Å². The van der Waals surface area contributed by atoms with Gasteiger partial charge in [-0.2, -0.15) is 0 Å². The standard InChI is InChI=1S/C18H24O7/c1-5-7-8-9-10-11-12-13(16(19)22-3)14(17(20)23-4)15(25-12)18(21)24-6-2/h12,15H,5-9H2,1-4H3/t12-,15+/m1/s1. The lowest BCUT2D eigenvalue weighted by molar-refractivity contribution is -0.156. The fourth-order valence-corrected chi connectivity index (χ4v) is 2.33. The van der Waals surface area contributed by atoms with Gasteiger partial charge in [0, 0.05) is 6.42 Å². The van der Waals surface area contributed by atoms with Gasteiger partial charge in [0.2, 0.25) is 0 Å². The highest BCUT2D eigenvalue weighted by atomic mass is 16.6. The van der Waals surface area contributed by atoms with Crippen LogP contribution in [-0.2, 0) is 33.3 Å². The number of rotatable bonds is 7. The second kappa shape index (κ2) is 10.5. The predicted molar refractivity (Wildman–Crippen MR) is 88.3 cm³/mol. The Labute approximate surface area is 147 Å². The molecule has 1 aliphatic heterocycles. The monoisotopic (exact) mass is 352 g/mol. The molecule has 0 aromatic rings. The second-order valence-corrected chi connectivity index (χ2v) is 5.24. The highest BCUT2D eigenvalue weighted by Gasteiger charge is 2.46. The minimum absolute atomic E-state index is 0.105. The molecule has 0 bridgehead atoms. The number of methoxy groups -OCH3 is 2. The molecule has 0 saturated carbocycles. The van der Waals surface area contributed by atoms with Crippen molar-refractivity contribution in [3.8, 4) is 11.8 Å². The Kier molecular flexibility index (Phi) is 8.71. The number of esters is 3. The summed E-state index contributed by atoms with van der Waals surface area (Å²) in [5.41, 5.74) is -0.337. The lowest BCUT2D eigenvalue weighted by Crippen LogP contribution is -2.30. The SMILES string of the molecule is CCCCCC#C[C@H]1O[C@H](C(=O)OCC)C(C(=O)OC)=C1C(=O)OC. The number of ether oxygens (including phenoxy) is 4. The molecular weight excluding hydrogens is 328 g/mol. The smallest absolute Gasteiger partial charge is 0.340 e. The van der Waals surface area contributed by atoms with Gasteiger partial charge < -0.3 is 18.9 Å². The average Bonchev–Trinajstić information content (AvgIpc) is 3.00. The van der Waals surface area contributed by atoms with Gasteiger partial charge in [0.15, 0.2) is 12.2 Å². The van der Waals surface area contributed by atoms with Gasteiger partial charge in [-0.05, 0) is 13.3 Å². The molecule has 138 valence electrons. The van der Waals surface area contributed by atoms with Crippen LogP contribution in [0.1, 0.15) is 39.5 Å². The van der Waals surface area contributed by atoms with Crippen molar-refractivity contribution in [2.45, 2.75) is 51.7 Å². The van der Waals surface area contributed by atoms with Crippen molar-refractivity contribution in [1.29, 1.82) is 0 Å². The van der Waals surface area contributed by atoms with E-state index < -0.39 is 30.1 Å². The average molecular weight is 352 g/mol. The third-order valence-electron chi connectivity index (χ3n) is 3.54. The summed E-state index contributed by atoms with van der Waals surface area (Å²) < 4.78 is 19.8. The lowest BCUT2D eigenvalue weighted by atomic mass is 10.0. The third kappa shape index (κ3) is 5.33. The molecule has 0 radical (unpaired) electrons. The molecule has 7 nitrogen and oxygen atoms in total. The van der Waals surface area contributed by atoms with E-state index in [2.05, 4.69) is 23.5 Å². The van der Waals surface area contributed by atoms with Crippen molar-refractivity contribution in [1.82, 2.24) is 0 Å². The fraction of sp³-hybridized carbons (Fsp3) is 0.611. The largest absolute Gasteiger partial charge is 0.466 e. The van der Waals surface area contributed by atoms with Crippen molar-refractivity contribution in [2.75, 3.05) is 20.8 Å². The topological polar surface area (TPSA) is 88.1 Å². The van der Waals surface area contributed by atoms with Crippen molar-refractivity contribution in [3.05, 3.63) is 11.1 Å². The van der Waals surface area contributed by atoms with Crippen LogP contribution >= 0.6 is 0 Å². The van der Waals surface area contributed by atoms with Crippen LogP contribution in [0.15, 0.2) is 11.1 Å². The van der Waals surface area contributed by atoms with Gasteiger partial charge in [-0.25, -0.2) is 14.4 Å². The van der Waals surface area contributed by atoms with Gasteiger partial charge in [0.1, 0.15) is 0 Å². The van der Waals surface area contributed by atoms with Gasteiger partial charge in [-0.1, -0.05) is 25.7 Å². The minimum atomic E-state index is -1.36. The molecule has 0 fully saturated rings. The quantitative estimate of drug-likeness (QED) is 0.297. The van der Waals surface area contributed by atoms with Gasteiger partial charge >= 0.3 is 17.9 Å². The Balaban J connectivity index is 3.20. The first-order valence-electron chi connectivity index (χ1n) is 8.22. The number of carbonyl (C=O) groups is 3. The number of hydrogen-bond donors (Lipinski definition) is 0. The Morgan fingerprint density at radius 2 is 1.68 bits per heavy atom. The Morgan fingerprint density at radius 3 is 2.24 bits per heavy atom. The molecule has 1 aliphatic rings. The first-order valence-corrected chi connectivity index (χ1v) is 8.22. The predicted octanol–water partition coefficient (Wildman–Crippen LogP) is 1.54. The molecule has 0 saturated heterocycles. The van der Waals surface area contributed by atoms with E-state index in [0.29, 0.717) is 6.42 Å². The molecule has 0 aromatic carbocycles. The molecular formula is C18H24O7. The summed E-state index contributed by atoms with van der Waals surface area (Å²) in [4.78, 5) is 36.3. The van der Waals surface area contributed by atoms with Crippen LogP contribution in [0.2, 0.25) is 0 Å². The van der Waals surface area contributed by atoms with Crippen LogP contribution in [0.4, 0.5) is 0 Å². The van der Waals surface area contributed by atoms with Crippen LogP contribution in [0.3, 0.4) is 0 Å². The summed E-state index contributed by atoms with van der Waals surface area (Å²) in [6.45, 7) is 3.81. The molecule has 0 aliphatic carbocycles. The highest BCUT2D eigenvalue weighted by molar-refractivity contribution is 6.07. The number of hydrogen-bond acceptors (Lipinski definition) is 7. The molecule has 1 heterocycles. The first kappa shape index (κ1) is 20.7. The fourth-order valence-electron chi connectivity index (χ4n) is 2.33. The summed E-state index contributed by atoms with van der Waals surface area (Å²) >= 11 is 0. The maximum Gasteiger partial charge on any atom is 0.340 e. The Morgan fingerprint density at radius 1 is 1.04 bits per heavy atom. The summed E-state index contributed by atoms with van der Waals surface area (Å²) in [7, 11) is 2.32. The van der Waals surface area contributed by atoms with Crippen molar-refractivity contribution in [3.63, 3.8) is 0 Å². The van der Waals surface area contributed by atoms with Crippen LogP contribution < -0.4 is 0 Å². The normalized spacial score (nSPS) is 19.0. The van der Waals surface area contributed by atoms with E-state index in [-0.39, 0.29) is 17.8 Å². The van der Waals surface area contributed by atoms with Crippen LogP contribution in [0.25, 0.3) is 0 Å². The number of unbranched alkanes of at least 4 members (excludes halogenated alkanes) is 3. The van der Waals surface area contributed by atoms with Crippen molar-refractivity contribution in [2.24, 2.45) is 0 Å². The van der Waals surface area contributed by atoms with Gasteiger partial charge in [0.05, 0.1) is 32.0 Å². The van der Waals surface area contributed by atoms with E-state index in [1.165, 1.54) is 7.11 Å². The zero-order chi connectivity index (χ0) is 18.8. The first-order chi connectivity index (χ1) is 12.0. The van der Waals surface area contributed by atoms with E-state index in [9.17, 15) is 14.4 Å². The maximum absolute atomic E-state index is 12.1. The van der Waals surface area contributed by atoms with Gasteiger partial charge in [-0.3, -0.25) is 0 Å². The van der Waals surface area contributed by atoms with Crippen LogP contribution in [0.5, 0.6) is 0 Å². The molecule has 7 heteroatoms. The van der Waals surface area contributed by atoms with E-state index in [0.717, 1.165) is 26.4 Å². The summed E-state index contributed by atoms with van der Waals surface area (Å²) in [5, 5.41) is 0. The molecule has 0 amide bonds. The summed E-state index contributed by atoms with van der Waals surface area (Å²) in [6.07, 6.45) is 1.23. The molecule has 1 rings (SSSR count). The van der Waals surface area contributed by atoms with Crippen molar-refractivity contribution < 1.29 is 33.3 Å². The number of carbonyl (C=O) groups excluding carboxylic acids is 3. The third-order valence-corrected chi connectivity index (χ3v) is 3.54. The lowest BCUT2D eigenvalue weighted by Gasteiger charge is -2.12. The molecule has 25 heavy (non-hydrogen) atoms. The van der Waals surface area contributed by atoms with Crippen molar-refractivity contribution >= 4 is 17.9 Å². The van der Waals surface area contributed by atoms with E-state index in [1.54, 1.807) is 6.92 Å². The second-order valence-electron chi connectivity index (χ2n) is 5.24. The van der Waals surface area contributed by atoms with Crippen LogP contribution in [0, 0.1) is 11.8 Å². The zero-order valence-electron chi connectivity index (χ0n) is 15.0. The van der Waals surface area contributed by atoms with E-state index in [4.69, 9.17) is 14.2 Å². The summed E-state index contributed by atoms with van der Waals surface area (Å²) in [6, 6.07) is 0. The molecule has 2 atom stereocenters. The molecule has 0 spiro atoms. The minimum Gasteiger partial charge on any atom is -0.466 e. The van der Waals surface area contributed by atoms with Gasteiger partial charge in [-0.15, -0.1) is 5.92 Å². The van der Waals surface area contributed by atoms with E-state index >= 15 is 0 Å². The Hall–Kier alpha value is -2.33.